The number of aliphatic imine (C=N–C) groups is 1. The second kappa shape index (κ2) is 13.0. The molecule has 0 saturated carbocycles. The molecule has 2 aromatic rings. The number of para-hydroxylation sites is 3. The Morgan fingerprint density at radius 2 is 1.94 bits per heavy atom. The number of hydrogen-bond acceptors (Lipinski definition) is 5. The van der Waals surface area contributed by atoms with Gasteiger partial charge in [-0.15, -0.1) is 24.0 Å². The van der Waals surface area contributed by atoms with Crippen molar-refractivity contribution >= 4 is 35.6 Å². The fourth-order valence-corrected chi connectivity index (χ4v) is 3.76. The number of nitrogens with one attached hydrogen (secondary N) is 2. The van der Waals surface area contributed by atoms with Gasteiger partial charge >= 0.3 is 0 Å². The van der Waals surface area contributed by atoms with Gasteiger partial charge in [0.25, 0.3) is 0 Å². The van der Waals surface area contributed by atoms with Gasteiger partial charge in [-0.25, -0.2) is 0 Å². The molecule has 8 heteroatoms. The first-order valence-electron chi connectivity index (χ1n) is 10.7. The molecule has 2 aromatic carbocycles. The van der Waals surface area contributed by atoms with Crippen LogP contribution >= 0.6 is 24.0 Å². The number of benzene rings is 2. The summed E-state index contributed by atoms with van der Waals surface area (Å²) in [5.41, 5.74) is 1.71. The third-order valence-corrected chi connectivity index (χ3v) is 5.31. The lowest BCUT2D eigenvalue weighted by Gasteiger charge is -2.36. The van der Waals surface area contributed by atoms with Gasteiger partial charge in [0.1, 0.15) is 12.2 Å². The number of methoxy groups -OCH3 is 1. The van der Waals surface area contributed by atoms with Gasteiger partial charge in [-0.2, -0.15) is 5.26 Å². The summed E-state index contributed by atoms with van der Waals surface area (Å²) in [7, 11) is 3.41. The Morgan fingerprint density at radius 1 is 1.22 bits per heavy atom. The van der Waals surface area contributed by atoms with Crippen molar-refractivity contribution in [3.8, 4) is 17.6 Å². The largest absolute Gasteiger partial charge is 0.493 e. The van der Waals surface area contributed by atoms with Crippen LogP contribution in [0.4, 0.5) is 5.69 Å². The summed E-state index contributed by atoms with van der Waals surface area (Å²) >= 11 is 0. The second-order valence-electron chi connectivity index (χ2n) is 7.59. The Hall–Kier alpha value is -2.67. The molecule has 2 N–H and O–H groups in total. The van der Waals surface area contributed by atoms with Crippen LogP contribution in [0.15, 0.2) is 53.5 Å². The maximum absolute atomic E-state index is 9.42. The van der Waals surface area contributed by atoms with E-state index in [1.807, 2.05) is 55.5 Å². The number of nitrogens with zero attached hydrogens (tertiary/aromatic N) is 3. The third-order valence-electron chi connectivity index (χ3n) is 5.31. The molecular weight excluding hydrogens is 517 g/mol. The van der Waals surface area contributed by atoms with Gasteiger partial charge < -0.3 is 25.0 Å². The number of hydrogen-bond donors (Lipinski definition) is 2. The van der Waals surface area contributed by atoms with Gasteiger partial charge in [0.05, 0.1) is 24.9 Å². The Balaban J connectivity index is 0.00000363. The van der Waals surface area contributed by atoms with Crippen molar-refractivity contribution in [2.24, 2.45) is 4.99 Å². The molecule has 0 amide bonds. The van der Waals surface area contributed by atoms with Crippen molar-refractivity contribution in [1.82, 2.24) is 10.6 Å². The van der Waals surface area contributed by atoms with Crippen LogP contribution in [-0.4, -0.2) is 51.9 Å². The van der Waals surface area contributed by atoms with E-state index in [-0.39, 0.29) is 36.1 Å². The average Bonchev–Trinajstić information content (AvgIpc) is 2.82. The molecule has 0 spiro atoms. The Bertz CT molecular complexity index is 931. The summed E-state index contributed by atoms with van der Waals surface area (Å²) in [4.78, 5) is 6.65. The number of piperidine rings is 1. The fourth-order valence-electron chi connectivity index (χ4n) is 3.76. The van der Waals surface area contributed by atoms with Gasteiger partial charge in [0, 0.05) is 26.2 Å². The van der Waals surface area contributed by atoms with Crippen LogP contribution in [0.1, 0.15) is 25.3 Å². The highest BCUT2D eigenvalue weighted by atomic mass is 127. The predicted molar refractivity (Wildman–Crippen MR) is 139 cm³/mol. The zero-order valence-corrected chi connectivity index (χ0v) is 21.2. The number of guanidine groups is 1. The van der Waals surface area contributed by atoms with E-state index in [0.29, 0.717) is 12.1 Å². The van der Waals surface area contributed by atoms with Crippen molar-refractivity contribution in [1.29, 1.82) is 5.26 Å². The molecule has 0 radical (unpaired) electrons. The summed E-state index contributed by atoms with van der Waals surface area (Å²) in [5, 5.41) is 16.3. The van der Waals surface area contributed by atoms with Crippen molar-refractivity contribution in [2.75, 3.05) is 38.7 Å². The van der Waals surface area contributed by atoms with E-state index in [9.17, 15) is 5.26 Å². The normalized spacial score (nSPS) is 16.9. The topological polar surface area (TPSA) is 81.9 Å². The SMILES string of the molecule is CN=C(NCC(C)Oc1ccccc1OC)NC1CCCN(c2ccccc2C#N)C1.I. The third kappa shape index (κ3) is 6.92. The van der Waals surface area contributed by atoms with E-state index in [2.05, 4.69) is 26.6 Å². The van der Waals surface area contributed by atoms with E-state index in [1.54, 1.807) is 14.2 Å². The minimum absolute atomic E-state index is 0. The molecule has 32 heavy (non-hydrogen) atoms. The molecule has 2 unspecified atom stereocenters. The van der Waals surface area contributed by atoms with Crippen molar-refractivity contribution in [3.63, 3.8) is 0 Å². The van der Waals surface area contributed by atoms with Gasteiger partial charge in [0.2, 0.25) is 0 Å². The van der Waals surface area contributed by atoms with Crippen molar-refractivity contribution in [3.05, 3.63) is 54.1 Å². The van der Waals surface area contributed by atoms with Gasteiger partial charge in [0.15, 0.2) is 17.5 Å². The Morgan fingerprint density at radius 3 is 2.66 bits per heavy atom. The molecule has 0 bridgehead atoms. The monoisotopic (exact) mass is 549 g/mol. The number of halogens is 1. The lowest BCUT2D eigenvalue weighted by molar-refractivity contribution is 0.213. The molecule has 0 aromatic heterocycles. The van der Waals surface area contributed by atoms with Crippen LogP contribution in [0, 0.1) is 11.3 Å². The smallest absolute Gasteiger partial charge is 0.191 e. The molecule has 2 atom stereocenters. The number of anilines is 1. The highest BCUT2D eigenvalue weighted by Gasteiger charge is 2.22. The molecule has 7 nitrogen and oxygen atoms in total. The maximum Gasteiger partial charge on any atom is 0.191 e. The summed E-state index contributed by atoms with van der Waals surface area (Å²) in [6, 6.07) is 18.0. The molecule has 0 aliphatic carbocycles. The summed E-state index contributed by atoms with van der Waals surface area (Å²) < 4.78 is 11.4. The minimum Gasteiger partial charge on any atom is -0.493 e. The van der Waals surface area contributed by atoms with E-state index in [4.69, 9.17) is 9.47 Å². The number of nitriles is 1. The summed E-state index contributed by atoms with van der Waals surface area (Å²) in [5.74, 6) is 2.19. The molecule has 172 valence electrons. The molecule has 1 aliphatic rings. The maximum atomic E-state index is 9.42. The number of rotatable bonds is 7. The zero-order chi connectivity index (χ0) is 22.1. The minimum atomic E-state index is -0.0693. The molecule has 1 fully saturated rings. The van der Waals surface area contributed by atoms with Gasteiger partial charge in [-0.05, 0) is 44.0 Å². The quantitative estimate of drug-likeness (QED) is 0.311. The highest BCUT2D eigenvalue weighted by Crippen LogP contribution is 2.26. The molecule has 1 saturated heterocycles. The van der Waals surface area contributed by atoms with Gasteiger partial charge in [-0.1, -0.05) is 24.3 Å². The lowest BCUT2D eigenvalue weighted by Crippen LogP contribution is -2.52. The first kappa shape index (κ1) is 25.6. The molecule has 1 aliphatic heterocycles. The first-order chi connectivity index (χ1) is 15.1. The highest BCUT2D eigenvalue weighted by molar-refractivity contribution is 14.0. The fraction of sp³-hybridized carbons (Fsp3) is 0.417. The van der Waals surface area contributed by atoms with Crippen LogP contribution in [0.2, 0.25) is 0 Å². The van der Waals surface area contributed by atoms with Crippen molar-refractivity contribution < 1.29 is 9.47 Å². The second-order valence-corrected chi connectivity index (χ2v) is 7.59. The summed E-state index contributed by atoms with van der Waals surface area (Å²) in [6.45, 7) is 4.39. The Labute approximate surface area is 207 Å². The first-order valence-corrected chi connectivity index (χ1v) is 10.7. The lowest BCUT2D eigenvalue weighted by atomic mass is 10.0. The standard InChI is InChI=1S/C24H31N5O2.HI/c1-18(31-23-13-7-6-12-22(23)30-3)16-27-24(26-2)28-20-10-8-14-29(17-20)21-11-5-4-9-19(21)15-25;/h4-7,9,11-13,18,20H,8,10,14,16-17H2,1-3H3,(H2,26,27,28);1H. The van der Waals surface area contributed by atoms with E-state index in [1.165, 1.54) is 0 Å². The zero-order valence-electron chi connectivity index (χ0n) is 18.9. The average molecular weight is 549 g/mol. The van der Waals surface area contributed by atoms with E-state index in [0.717, 1.165) is 49.1 Å². The molecule has 3 rings (SSSR count). The molecule has 1 heterocycles. The van der Waals surface area contributed by atoms with Crippen LogP contribution in [-0.2, 0) is 0 Å². The van der Waals surface area contributed by atoms with Crippen molar-refractivity contribution in [2.45, 2.75) is 31.9 Å². The van der Waals surface area contributed by atoms with E-state index < -0.39 is 0 Å². The van der Waals surface area contributed by atoms with Crippen LogP contribution < -0.4 is 25.0 Å². The van der Waals surface area contributed by atoms with Crippen LogP contribution in [0.3, 0.4) is 0 Å². The van der Waals surface area contributed by atoms with Crippen LogP contribution in [0.5, 0.6) is 11.5 Å². The molecular formula is C24H32IN5O2. The summed E-state index contributed by atoms with van der Waals surface area (Å²) in [6.07, 6.45) is 2.04. The predicted octanol–water partition coefficient (Wildman–Crippen LogP) is 3.79. The van der Waals surface area contributed by atoms with Crippen LogP contribution in [0.25, 0.3) is 0 Å². The van der Waals surface area contributed by atoms with E-state index >= 15 is 0 Å². The van der Waals surface area contributed by atoms with Gasteiger partial charge in [-0.3, -0.25) is 4.99 Å². The number of ether oxygens (including phenoxy) is 2. The Kier molecular flexibility index (Phi) is 10.4.